The third-order valence-electron chi connectivity index (χ3n) is 2.23. The van der Waals surface area contributed by atoms with E-state index in [9.17, 15) is 9.59 Å². The number of Topliss-reactive ketones (excluding diaryl/α,β-unsaturated/α-hetero) is 1. The van der Waals surface area contributed by atoms with Crippen molar-refractivity contribution in [1.82, 2.24) is 0 Å². The molecule has 0 amide bonds. The van der Waals surface area contributed by atoms with Crippen LogP contribution in [-0.2, 0) is 11.2 Å². The van der Waals surface area contributed by atoms with E-state index in [2.05, 4.69) is 0 Å². The van der Waals surface area contributed by atoms with Crippen LogP contribution in [-0.4, -0.2) is 22.2 Å². The van der Waals surface area contributed by atoms with E-state index in [1.165, 1.54) is 0 Å². The Morgan fingerprint density at radius 3 is 2.56 bits per heavy atom. The van der Waals surface area contributed by atoms with E-state index in [4.69, 9.17) is 16.7 Å². The minimum Gasteiger partial charge on any atom is -0.481 e. The molecule has 0 fully saturated rings. The highest BCUT2D eigenvalue weighted by Gasteiger charge is 2.17. The van der Waals surface area contributed by atoms with Gasteiger partial charge < -0.3 is 5.11 Å². The van der Waals surface area contributed by atoms with Crippen LogP contribution in [0.15, 0.2) is 18.2 Å². The number of halogens is 1. The second-order valence-electron chi connectivity index (χ2n) is 3.71. The van der Waals surface area contributed by atoms with Gasteiger partial charge in [0.15, 0.2) is 5.78 Å². The number of carbonyl (C=O) groups is 2. The van der Waals surface area contributed by atoms with E-state index in [0.29, 0.717) is 11.1 Å². The van der Waals surface area contributed by atoms with E-state index in [1.54, 1.807) is 25.1 Å². The number of ketones is 1. The number of alkyl halides is 1. The molecule has 0 aliphatic carbocycles. The van der Waals surface area contributed by atoms with Gasteiger partial charge in [-0.3, -0.25) is 9.59 Å². The Hall–Kier alpha value is -1.35. The van der Waals surface area contributed by atoms with Gasteiger partial charge >= 0.3 is 5.97 Å². The molecule has 3 nitrogen and oxygen atoms in total. The van der Waals surface area contributed by atoms with Crippen LogP contribution in [0.5, 0.6) is 0 Å². The number of carboxylic acid groups (broad SMARTS) is 1. The van der Waals surface area contributed by atoms with Crippen molar-refractivity contribution < 1.29 is 14.7 Å². The van der Waals surface area contributed by atoms with Crippen molar-refractivity contribution in [2.75, 3.05) is 0 Å². The van der Waals surface area contributed by atoms with Gasteiger partial charge in [-0.2, -0.15) is 0 Å². The first-order valence-electron chi connectivity index (χ1n) is 4.91. The Morgan fingerprint density at radius 1 is 1.44 bits per heavy atom. The largest absolute Gasteiger partial charge is 0.481 e. The molecule has 0 spiro atoms. The van der Waals surface area contributed by atoms with Crippen molar-refractivity contribution in [2.24, 2.45) is 0 Å². The topological polar surface area (TPSA) is 54.4 Å². The molecule has 16 heavy (non-hydrogen) atoms. The van der Waals surface area contributed by atoms with E-state index in [1.807, 2.05) is 6.92 Å². The molecule has 1 aromatic rings. The van der Waals surface area contributed by atoms with Crippen LogP contribution in [0.25, 0.3) is 0 Å². The van der Waals surface area contributed by atoms with Crippen molar-refractivity contribution >= 4 is 23.4 Å². The van der Waals surface area contributed by atoms with Gasteiger partial charge in [0.05, 0.1) is 11.8 Å². The third-order valence-corrected chi connectivity index (χ3v) is 2.43. The molecule has 86 valence electrons. The van der Waals surface area contributed by atoms with Crippen LogP contribution in [0.2, 0.25) is 0 Å². The second kappa shape index (κ2) is 5.12. The first kappa shape index (κ1) is 12.7. The smallest absolute Gasteiger partial charge is 0.307 e. The minimum atomic E-state index is -0.958. The number of carbonyl (C=O) groups excluding carboxylic acids is 1. The molecule has 1 atom stereocenters. The zero-order valence-corrected chi connectivity index (χ0v) is 9.91. The van der Waals surface area contributed by atoms with Crippen molar-refractivity contribution in [2.45, 2.75) is 25.6 Å². The number of carboxylic acids is 1. The fourth-order valence-electron chi connectivity index (χ4n) is 1.45. The molecule has 1 aromatic carbocycles. The zero-order chi connectivity index (χ0) is 12.3. The Bertz CT molecular complexity index is 424. The number of rotatable bonds is 4. The number of aliphatic carboxylic acids is 1. The van der Waals surface area contributed by atoms with Crippen molar-refractivity contribution in [3.8, 4) is 0 Å². The molecule has 0 aromatic heterocycles. The van der Waals surface area contributed by atoms with Gasteiger partial charge in [0, 0.05) is 5.56 Å². The van der Waals surface area contributed by atoms with Crippen LogP contribution in [0, 0.1) is 6.92 Å². The van der Waals surface area contributed by atoms with Gasteiger partial charge in [-0.15, -0.1) is 11.6 Å². The highest BCUT2D eigenvalue weighted by Crippen LogP contribution is 2.16. The Labute approximate surface area is 99.0 Å². The highest BCUT2D eigenvalue weighted by molar-refractivity contribution is 6.33. The highest BCUT2D eigenvalue weighted by atomic mass is 35.5. The summed E-state index contributed by atoms with van der Waals surface area (Å²) in [6.45, 7) is 3.43. The summed E-state index contributed by atoms with van der Waals surface area (Å²) in [6.07, 6.45) is -0.162. The third kappa shape index (κ3) is 3.07. The molecule has 0 bridgehead atoms. The summed E-state index contributed by atoms with van der Waals surface area (Å²) in [5.74, 6) is -1.19. The maximum absolute atomic E-state index is 11.8. The van der Waals surface area contributed by atoms with Gasteiger partial charge in [-0.05, 0) is 25.5 Å². The molecule has 0 heterocycles. The zero-order valence-electron chi connectivity index (χ0n) is 9.16. The molecule has 1 rings (SSSR count). The van der Waals surface area contributed by atoms with E-state index >= 15 is 0 Å². The van der Waals surface area contributed by atoms with Gasteiger partial charge in [-0.1, -0.05) is 17.7 Å². The SMILES string of the molecule is Cc1ccc(CC(=O)O)c(C(=O)C(C)Cl)c1. The van der Waals surface area contributed by atoms with Crippen molar-refractivity contribution in [3.63, 3.8) is 0 Å². The monoisotopic (exact) mass is 240 g/mol. The average Bonchev–Trinajstić information content (AvgIpc) is 2.18. The van der Waals surface area contributed by atoms with E-state index in [-0.39, 0.29) is 12.2 Å². The van der Waals surface area contributed by atoms with Gasteiger partial charge in [0.25, 0.3) is 0 Å². The maximum atomic E-state index is 11.8. The summed E-state index contributed by atoms with van der Waals surface area (Å²) in [5.41, 5.74) is 1.83. The maximum Gasteiger partial charge on any atom is 0.307 e. The first-order valence-corrected chi connectivity index (χ1v) is 5.35. The van der Waals surface area contributed by atoms with Crippen molar-refractivity contribution in [1.29, 1.82) is 0 Å². The predicted octanol–water partition coefficient (Wildman–Crippen LogP) is 2.43. The number of benzene rings is 1. The molecule has 0 saturated heterocycles. The molecule has 0 radical (unpaired) electrons. The Kier molecular flexibility index (Phi) is 4.07. The Balaban J connectivity index is 3.17. The Morgan fingerprint density at radius 2 is 2.06 bits per heavy atom. The predicted molar refractivity (Wildman–Crippen MR) is 62.2 cm³/mol. The molecular weight excluding hydrogens is 228 g/mol. The molecule has 1 N–H and O–H groups in total. The molecule has 0 aliphatic heterocycles. The lowest BCUT2D eigenvalue weighted by molar-refractivity contribution is -0.136. The summed E-state index contributed by atoms with van der Waals surface area (Å²) < 4.78 is 0. The molecule has 0 aliphatic rings. The fraction of sp³-hybridized carbons (Fsp3) is 0.333. The summed E-state index contributed by atoms with van der Waals surface area (Å²) in [4.78, 5) is 22.4. The van der Waals surface area contributed by atoms with Crippen LogP contribution in [0.4, 0.5) is 0 Å². The van der Waals surface area contributed by atoms with Gasteiger partial charge in [0.1, 0.15) is 0 Å². The summed E-state index contributed by atoms with van der Waals surface area (Å²) in [6, 6.07) is 5.13. The number of hydrogen-bond donors (Lipinski definition) is 1. The average molecular weight is 241 g/mol. The van der Waals surface area contributed by atoms with Crippen LogP contribution in [0.3, 0.4) is 0 Å². The summed E-state index contributed by atoms with van der Waals surface area (Å²) in [7, 11) is 0. The van der Waals surface area contributed by atoms with Crippen LogP contribution >= 0.6 is 11.6 Å². The van der Waals surface area contributed by atoms with E-state index in [0.717, 1.165) is 5.56 Å². The molecule has 0 saturated carbocycles. The van der Waals surface area contributed by atoms with Crippen molar-refractivity contribution in [3.05, 3.63) is 34.9 Å². The fourth-order valence-corrected chi connectivity index (χ4v) is 1.57. The van der Waals surface area contributed by atoms with Crippen LogP contribution in [0.1, 0.15) is 28.4 Å². The number of hydrogen-bond acceptors (Lipinski definition) is 2. The lowest BCUT2D eigenvalue weighted by Gasteiger charge is -2.09. The normalized spacial score (nSPS) is 12.2. The van der Waals surface area contributed by atoms with Gasteiger partial charge in [0.2, 0.25) is 0 Å². The minimum absolute atomic E-state index is 0.162. The lowest BCUT2D eigenvalue weighted by atomic mass is 9.97. The van der Waals surface area contributed by atoms with Crippen LogP contribution < -0.4 is 0 Å². The molecule has 1 unspecified atom stereocenters. The molecular formula is C12H13ClO3. The summed E-state index contributed by atoms with van der Waals surface area (Å²) in [5, 5.41) is 8.09. The lowest BCUT2D eigenvalue weighted by Crippen LogP contribution is -2.15. The quantitative estimate of drug-likeness (QED) is 0.650. The number of aryl methyl sites for hydroxylation is 1. The van der Waals surface area contributed by atoms with E-state index < -0.39 is 11.3 Å². The first-order chi connectivity index (χ1) is 7.41. The second-order valence-corrected chi connectivity index (χ2v) is 4.37. The standard InChI is InChI=1S/C12H13ClO3/c1-7-3-4-9(6-11(14)15)10(5-7)12(16)8(2)13/h3-5,8H,6H2,1-2H3,(H,14,15). The summed E-state index contributed by atoms with van der Waals surface area (Å²) >= 11 is 5.73. The molecule has 4 heteroatoms. The van der Waals surface area contributed by atoms with Gasteiger partial charge in [-0.25, -0.2) is 0 Å².